The van der Waals surface area contributed by atoms with Crippen molar-refractivity contribution >= 4 is 58.5 Å². The van der Waals surface area contributed by atoms with E-state index >= 15 is 0 Å². The van der Waals surface area contributed by atoms with Gasteiger partial charge < -0.3 is 9.11 Å². The van der Waals surface area contributed by atoms with E-state index in [4.69, 9.17) is 0 Å². The van der Waals surface area contributed by atoms with Crippen molar-refractivity contribution in [1.82, 2.24) is 0 Å². The molecule has 0 rings (SSSR count). The number of hydrogen-bond acceptors (Lipinski definition) is 8. The summed E-state index contributed by atoms with van der Waals surface area (Å²) >= 11 is 0. The van der Waals surface area contributed by atoms with E-state index in [1.54, 1.807) is 0 Å². The second-order valence-corrected chi connectivity index (χ2v) is 19.7. The third kappa shape index (κ3) is 59.0. The van der Waals surface area contributed by atoms with Gasteiger partial charge in [0.25, 0.3) is 0 Å². The van der Waals surface area contributed by atoms with Crippen molar-refractivity contribution < 1.29 is 34.3 Å². The van der Waals surface area contributed by atoms with Crippen molar-refractivity contribution in [1.29, 1.82) is 0 Å². The first-order valence-corrected chi connectivity index (χ1v) is 27.9. The van der Waals surface area contributed by atoms with Crippen molar-refractivity contribution in [3.8, 4) is 0 Å². The maximum Gasteiger partial charge on any atom is 2.00 e. The van der Waals surface area contributed by atoms with Crippen LogP contribution in [0.15, 0.2) is 0 Å². The number of hydrogen-bond donors (Lipinski definition) is 0. The fourth-order valence-electron chi connectivity index (χ4n) is 7.96. The summed E-state index contributed by atoms with van der Waals surface area (Å²) in [4.78, 5) is 0. The van der Waals surface area contributed by atoms with Gasteiger partial charge in [0, 0.05) is 0 Å². The monoisotopic (exact) mass is 907 g/mol. The molecule has 8 nitrogen and oxygen atoms in total. The molecule has 0 fully saturated rings. The normalized spacial score (nSPS) is 12.8. The first-order valence-electron chi connectivity index (χ1n) is 25.2. The SMILES string of the molecule is CCCCCCCCCCCCC(CCCCCCCCCC)COS(=O)(=O)[O-].CCCCCCCCCCCCC(CCCCCCCCCC)COS(=O)(=O)[O-].[Ca+2]. The van der Waals surface area contributed by atoms with Crippen LogP contribution < -0.4 is 0 Å². The summed E-state index contributed by atoms with van der Waals surface area (Å²) in [5.41, 5.74) is 0. The van der Waals surface area contributed by atoms with Crippen molar-refractivity contribution in [2.45, 2.75) is 285 Å². The fourth-order valence-corrected chi connectivity index (χ4v) is 8.67. The van der Waals surface area contributed by atoms with E-state index in [0.717, 1.165) is 51.4 Å². The largest absolute Gasteiger partial charge is 2.00 e. The maximum absolute atomic E-state index is 10.8. The zero-order valence-electron chi connectivity index (χ0n) is 39.6. The molecule has 0 saturated carbocycles. The number of rotatable bonds is 46. The number of unbranched alkanes of at least 4 members (excludes halogenated alkanes) is 32. The van der Waals surface area contributed by atoms with E-state index in [0.29, 0.717) is 0 Å². The van der Waals surface area contributed by atoms with Gasteiger partial charge in [-0.2, -0.15) is 0 Å². The Hall–Kier alpha value is 1.000. The predicted octanol–water partition coefficient (Wildman–Crippen LogP) is 15.5. The predicted molar refractivity (Wildman–Crippen MR) is 251 cm³/mol. The molecular weight excluding hydrogens is 809 g/mol. The van der Waals surface area contributed by atoms with E-state index < -0.39 is 20.8 Å². The molecule has 11 heteroatoms. The summed E-state index contributed by atoms with van der Waals surface area (Å²) < 4.78 is 74.0. The minimum absolute atomic E-state index is 0. The zero-order valence-corrected chi connectivity index (χ0v) is 43.5. The van der Waals surface area contributed by atoms with Crippen LogP contribution in [0.5, 0.6) is 0 Å². The van der Waals surface area contributed by atoms with Crippen LogP contribution in [-0.4, -0.2) is 76.9 Å². The van der Waals surface area contributed by atoms with Crippen molar-refractivity contribution in [2.24, 2.45) is 11.8 Å². The van der Waals surface area contributed by atoms with Crippen LogP contribution in [0.4, 0.5) is 0 Å². The molecule has 352 valence electrons. The molecule has 0 N–H and O–H groups in total. The standard InChI is InChI=1S/2C24H50O4S.Ca/c2*1-3-5-7-9-11-13-14-16-18-20-22-24(23-28-29(25,26)27)21-19-17-15-12-10-8-6-4-2;/h2*24H,3-23H2,1-2H3,(H,25,26,27);/q;;+2/p-2. The third-order valence-electron chi connectivity index (χ3n) is 11.8. The second kappa shape index (κ2) is 50.0. The molecule has 0 heterocycles. The first-order chi connectivity index (χ1) is 28.0. The summed E-state index contributed by atoms with van der Waals surface area (Å²) in [6.07, 6.45) is 50.2. The molecule has 0 aromatic heterocycles. The molecule has 0 amide bonds. The summed E-state index contributed by atoms with van der Waals surface area (Å²) in [7, 11) is -9.14. The molecule has 0 aromatic rings. The minimum Gasteiger partial charge on any atom is -0.726 e. The summed E-state index contributed by atoms with van der Waals surface area (Å²) in [6, 6.07) is 0. The smallest absolute Gasteiger partial charge is 0.726 e. The molecule has 0 aliphatic carbocycles. The first kappa shape index (κ1) is 64.3. The Morgan fingerprint density at radius 1 is 0.305 bits per heavy atom. The second-order valence-electron chi connectivity index (χ2n) is 17.6. The Kier molecular flexibility index (Phi) is 54.5. The van der Waals surface area contributed by atoms with Crippen LogP contribution in [0.25, 0.3) is 0 Å². The molecule has 0 aliphatic heterocycles. The molecule has 2 atom stereocenters. The van der Waals surface area contributed by atoms with Gasteiger partial charge in [-0.3, -0.25) is 8.37 Å². The van der Waals surface area contributed by atoms with Crippen LogP contribution >= 0.6 is 0 Å². The molecule has 0 aliphatic rings. The molecule has 0 bridgehead atoms. The van der Waals surface area contributed by atoms with E-state index in [9.17, 15) is 25.9 Å². The van der Waals surface area contributed by atoms with Gasteiger partial charge in [0.2, 0.25) is 20.8 Å². The average molecular weight is 908 g/mol. The van der Waals surface area contributed by atoms with Crippen molar-refractivity contribution in [2.75, 3.05) is 13.2 Å². The van der Waals surface area contributed by atoms with Crippen LogP contribution in [0.3, 0.4) is 0 Å². The topological polar surface area (TPSA) is 133 Å². The van der Waals surface area contributed by atoms with Gasteiger partial charge in [0.1, 0.15) is 0 Å². The van der Waals surface area contributed by atoms with Crippen LogP contribution in [0, 0.1) is 11.8 Å². The quantitative estimate of drug-likeness (QED) is 0.0255. The average Bonchev–Trinajstić information content (AvgIpc) is 3.18. The van der Waals surface area contributed by atoms with Crippen LogP contribution in [0.1, 0.15) is 285 Å². The van der Waals surface area contributed by atoms with Gasteiger partial charge in [-0.05, 0) is 37.5 Å². The van der Waals surface area contributed by atoms with Gasteiger partial charge in [-0.15, -0.1) is 0 Å². The minimum atomic E-state index is -4.57. The van der Waals surface area contributed by atoms with Crippen LogP contribution in [0.2, 0.25) is 0 Å². The molecule has 0 aromatic carbocycles. The molecule has 2 unspecified atom stereocenters. The Morgan fingerprint density at radius 3 is 0.610 bits per heavy atom. The molecule has 0 spiro atoms. The Morgan fingerprint density at radius 2 is 0.458 bits per heavy atom. The van der Waals surface area contributed by atoms with E-state index in [-0.39, 0.29) is 62.8 Å². The van der Waals surface area contributed by atoms with E-state index in [2.05, 4.69) is 36.1 Å². The molecule has 0 saturated heterocycles. The molecule has 59 heavy (non-hydrogen) atoms. The van der Waals surface area contributed by atoms with Gasteiger partial charge >= 0.3 is 37.7 Å². The third-order valence-corrected chi connectivity index (χ3v) is 12.6. The molecular formula is C48H98CaO8S2. The van der Waals surface area contributed by atoms with Gasteiger partial charge in [0.05, 0.1) is 13.2 Å². The van der Waals surface area contributed by atoms with E-state index in [1.165, 1.54) is 205 Å². The van der Waals surface area contributed by atoms with Gasteiger partial charge in [-0.25, -0.2) is 16.8 Å². The maximum atomic E-state index is 10.8. The summed E-state index contributed by atoms with van der Waals surface area (Å²) in [5.74, 6) is 0.403. The van der Waals surface area contributed by atoms with Gasteiger partial charge in [0.15, 0.2) is 0 Å². The van der Waals surface area contributed by atoms with Crippen molar-refractivity contribution in [3.05, 3.63) is 0 Å². The van der Waals surface area contributed by atoms with Gasteiger partial charge in [-0.1, -0.05) is 259 Å². The Balaban J connectivity index is -0.00000105. The Bertz CT molecular complexity index is 933. The summed E-state index contributed by atoms with van der Waals surface area (Å²) in [6.45, 7) is 9.11. The fraction of sp³-hybridized carbons (Fsp3) is 1.00. The van der Waals surface area contributed by atoms with Crippen LogP contribution in [-0.2, 0) is 29.2 Å². The van der Waals surface area contributed by atoms with Crippen molar-refractivity contribution in [3.63, 3.8) is 0 Å². The summed E-state index contributed by atoms with van der Waals surface area (Å²) in [5, 5.41) is 0. The van der Waals surface area contributed by atoms with E-state index in [1.807, 2.05) is 0 Å². The molecule has 0 radical (unpaired) electrons. The zero-order chi connectivity index (χ0) is 43.3. The Labute approximate surface area is 399 Å².